The highest BCUT2D eigenvalue weighted by Crippen LogP contribution is 2.47. The molecule has 2 rings (SSSR count). The van der Waals surface area contributed by atoms with Gasteiger partial charge in [-0.1, -0.05) is 19.3 Å². The Balaban J connectivity index is 2.47. The summed E-state index contributed by atoms with van der Waals surface area (Å²) >= 11 is 1.70. The second-order valence-electron chi connectivity index (χ2n) is 7.33. The Bertz CT molecular complexity index is 987. The van der Waals surface area contributed by atoms with E-state index < -0.39 is 63.0 Å². The van der Waals surface area contributed by atoms with Gasteiger partial charge in [0.25, 0.3) is 10.1 Å². The van der Waals surface area contributed by atoms with Gasteiger partial charge in [0, 0.05) is 3.57 Å². The zero-order valence-electron chi connectivity index (χ0n) is 16.5. The number of carbonyl (C=O) groups excluding carboxylic acids is 2. The number of halogens is 7. The first kappa shape index (κ1) is 27.6. The van der Waals surface area contributed by atoms with Crippen molar-refractivity contribution in [1.29, 1.82) is 0 Å². The fourth-order valence-corrected chi connectivity index (χ4v) is 4.58. The van der Waals surface area contributed by atoms with Crippen LogP contribution in [0.15, 0.2) is 18.2 Å². The molecule has 7 nitrogen and oxygen atoms in total. The minimum absolute atomic E-state index is 0.325. The summed E-state index contributed by atoms with van der Waals surface area (Å²) in [5.74, 6) is -7.30. The Hall–Kier alpha value is -1.62. The quantitative estimate of drug-likeness (QED) is 0.162. The van der Waals surface area contributed by atoms with Gasteiger partial charge in [0.15, 0.2) is 0 Å². The second-order valence-corrected chi connectivity index (χ2v) is 10.0. The van der Waals surface area contributed by atoms with Crippen LogP contribution in [0.25, 0.3) is 0 Å². The lowest BCUT2D eigenvalue weighted by Crippen LogP contribution is -2.63. The van der Waals surface area contributed by atoms with Crippen molar-refractivity contribution < 1.29 is 58.4 Å². The number of hydrogen-bond acceptors (Lipinski definition) is 6. The first-order chi connectivity index (χ1) is 15.0. The van der Waals surface area contributed by atoms with E-state index in [1.165, 1.54) is 0 Å². The van der Waals surface area contributed by atoms with Gasteiger partial charge in [0.1, 0.15) is 17.1 Å². The van der Waals surface area contributed by atoms with E-state index in [1.54, 1.807) is 22.6 Å². The maximum absolute atomic E-state index is 13.4. The highest BCUT2D eigenvalue weighted by molar-refractivity contribution is 14.1. The molecule has 0 spiro atoms. The van der Waals surface area contributed by atoms with Crippen molar-refractivity contribution in [1.82, 2.24) is 0 Å². The van der Waals surface area contributed by atoms with Crippen LogP contribution in [-0.4, -0.2) is 48.6 Å². The minimum atomic E-state index is -6.47. The highest BCUT2D eigenvalue weighted by Gasteiger charge is 2.76. The normalized spacial score (nSPS) is 16.4. The summed E-state index contributed by atoms with van der Waals surface area (Å²) in [4.78, 5) is 24.8. The first-order valence-electron chi connectivity index (χ1n) is 9.30. The molecule has 15 heteroatoms. The molecule has 1 aliphatic rings. The summed E-state index contributed by atoms with van der Waals surface area (Å²) in [5, 5.41) is 0. The molecule has 0 atom stereocenters. The van der Waals surface area contributed by atoms with Crippen molar-refractivity contribution >= 4 is 44.6 Å². The van der Waals surface area contributed by atoms with E-state index in [-0.39, 0.29) is 0 Å². The van der Waals surface area contributed by atoms with Gasteiger partial charge < -0.3 is 9.47 Å². The van der Waals surface area contributed by atoms with Gasteiger partial charge in [-0.05, 0) is 53.6 Å². The van der Waals surface area contributed by atoms with Crippen molar-refractivity contribution in [2.24, 2.45) is 5.92 Å². The van der Waals surface area contributed by atoms with Crippen LogP contribution in [0.4, 0.5) is 26.3 Å². The molecule has 1 fully saturated rings. The first-order valence-corrected chi connectivity index (χ1v) is 12.0. The van der Waals surface area contributed by atoms with Crippen LogP contribution in [0.2, 0.25) is 0 Å². The largest absolute Gasteiger partial charge is 0.438 e. The molecule has 186 valence electrons. The molecule has 1 aliphatic carbocycles. The van der Waals surface area contributed by atoms with Gasteiger partial charge in [0.2, 0.25) is 0 Å². The third kappa shape index (κ3) is 6.71. The predicted molar refractivity (Wildman–Crippen MR) is 108 cm³/mol. The maximum Gasteiger partial charge on any atom is 0.438 e. The molecule has 0 aromatic heterocycles. The van der Waals surface area contributed by atoms with Gasteiger partial charge in [-0.25, -0.2) is 4.79 Å². The van der Waals surface area contributed by atoms with E-state index in [9.17, 15) is 44.3 Å². The molecule has 0 amide bonds. The van der Waals surface area contributed by atoms with Crippen LogP contribution < -0.4 is 4.74 Å². The van der Waals surface area contributed by atoms with Crippen molar-refractivity contribution in [2.45, 2.75) is 50.1 Å². The Morgan fingerprint density at radius 2 is 1.58 bits per heavy atom. The molecule has 1 aromatic rings. The average Bonchev–Trinajstić information content (AvgIpc) is 2.65. The summed E-state index contributed by atoms with van der Waals surface area (Å²) < 4.78 is 120. The maximum atomic E-state index is 13.4. The monoisotopic (exact) mass is 618 g/mol. The van der Waals surface area contributed by atoms with Crippen molar-refractivity contribution in [3.8, 4) is 5.75 Å². The van der Waals surface area contributed by atoms with E-state index in [0.717, 1.165) is 37.5 Å². The topological polar surface area (TPSA) is 107 Å². The molecule has 0 saturated heterocycles. The zero-order valence-corrected chi connectivity index (χ0v) is 19.5. The second kappa shape index (κ2) is 9.93. The Kier molecular flexibility index (Phi) is 8.32. The Morgan fingerprint density at radius 3 is 2.06 bits per heavy atom. The minimum Gasteiger partial charge on any atom is -0.434 e. The zero-order chi connectivity index (χ0) is 25.2. The van der Waals surface area contributed by atoms with Gasteiger partial charge in [-0.2, -0.15) is 34.8 Å². The number of alkyl halides is 6. The molecule has 0 radical (unpaired) electrons. The van der Waals surface area contributed by atoms with Crippen LogP contribution in [0.5, 0.6) is 5.75 Å². The van der Waals surface area contributed by atoms with Gasteiger partial charge in [-0.3, -0.25) is 9.35 Å². The van der Waals surface area contributed by atoms with Gasteiger partial charge in [-0.15, -0.1) is 0 Å². The van der Waals surface area contributed by atoms with Gasteiger partial charge in [0.05, 0.1) is 5.92 Å². The molecule has 1 N–H and O–H groups in total. The molecule has 1 aromatic carbocycles. The summed E-state index contributed by atoms with van der Waals surface area (Å²) in [5.41, 5.74) is -6.54. The van der Waals surface area contributed by atoms with Crippen LogP contribution in [0.3, 0.4) is 0 Å². The lowest BCUT2D eigenvalue weighted by Gasteiger charge is -2.35. The lowest BCUT2D eigenvalue weighted by atomic mass is 9.89. The fourth-order valence-electron chi connectivity index (χ4n) is 3.22. The number of hydrogen-bond donors (Lipinski definition) is 1. The average molecular weight is 618 g/mol. The summed E-state index contributed by atoms with van der Waals surface area (Å²) in [6.45, 7) is 0. The Morgan fingerprint density at radius 1 is 1.03 bits per heavy atom. The van der Waals surface area contributed by atoms with Crippen molar-refractivity contribution in [3.05, 3.63) is 27.3 Å². The van der Waals surface area contributed by atoms with E-state index in [0.29, 0.717) is 16.4 Å². The number of esters is 2. The third-order valence-corrected chi connectivity index (χ3v) is 6.32. The molecule has 0 bridgehead atoms. The molecule has 0 unspecified atom stereocenters. The molecule has 33 heavy (non-hydrogen) atoms. The predicted octanol–water partition coefficient (Wildman–Crippen LogP) is 4.68. The smallest absolute Gasteiger partial charge is 0.434 e. The summed E-state index contributed by atoms with van der Waals surface area (Å²) in [7, 11) is -5.93. The number of carbonyl (C=O) groups is 2. The SMILES string of the molecule is O=C(OC(CS(=O)(=O)O)(C(F)(F)F)C(F)(F)F)c1ccc(I)cc1OC(=O)C1CCCCC1. The highest BCUT2D eigenvalue weighted by atomic mass is 127. The molecular weight excluding hydrogens is 601 g/mol. The molecular formula is C18H17F6IO7S. The Labute approximate surface area is 197 Å². The van der Waals surface area contributed by atoms with Crippen molar-refractivity contribution in [2.75, 3.05) is 5.75 Å². The van der Waals surface area contributed by atoms with Crippen LogP contribution >= 0.6 is 22.6 Å². The lowest BCUT2D eigenvalue weighted by molar-refractivity contribution is -0.356. The van der Waals surface area contributed by atoms with Crippen LogP contribution in [0, 0.1) is 9.49 Å². The standard InChI is InChI=1S/C18H17F6IO7S/c19-17(20,21)16(18(22,23)24,9-33(28,29)30)32-15(27)12-7-6-11(25)8-13(12)31-14(26)10-4-2-1-3-5-10/h6-8,10H,1-5,9H2,(H,28,29,30). The number of rotatable bonds is 6. The third-order valence-electron chi connectivity index (χ3n) is 4.88. The van der Waals surface area contributed by atoms with E-state index >= 15 is 0 Å². The van der Waals surface area contributed by atoms with E-state index in [1.807, 2.05) is 0 Å². The van der Waals surface area contributed by atoms with Crippen molar-refractivity contribution in [3.63, 3.8) is 0 Å². The number of ether oxygens (including phenoxy) is 2. The van der Waals surface area contributed by atoms with E-state index in [2.05, 4.69) is 4.74 Å². The summed E-state index contributed by atoms with van der Waals surface area (Å²) in [6.07, 6.45) is -9.70. The molecule has 0 heterocycles. The van der Waals surface area contributed by atoms with Crippen LogP contribution in [0.1, 0.15) is 42.5 Å². The molecule has 1 saturated carbocycles. The number of benzene rings is 1. The van der Waals surface area contributed by atoms with Gasteiger partial charge >= 0.3 is 29.9 Å². The summed E-state index contributed by atoms with van der Waals surface area (Å²) in [6, 6.07) is 2.93. The van der Waals surface area contributed by atoms with Crippen LogP contribution in [-0.2, 0) is 19.6 Å². The molecule has 0 aliphatic heterocycles. The fraction of sp³-hybridized carbons (Fsp3) is 0.556. The van der Waals surface area contributed by atoms with E-state index in [4.69, 9.17) is 9.29 Å².